The number of nitrogens with one attached hydrogen (secondary N) is 1. The second-order valence-electron chi connectivity index (χ2n) is 7.69. The van der Waals surface area contributed by atoms with Gasteiger partial charge >= 0.3 is 0 Å². The Morgan fingerprint density at radius 1 is 1.18 bits per heavy atom. The van der Waals surface area contributed by atoms with Crippen molar-refractivity contribution in [3.05, 3.63) is 48.9 Å². The molecule has 0 aliphatic carbocycles. The molecule has 0 saturated carbocycles. The molecular weight excluding hydrogens is 434 g/mol. The third-order valence-electron chi connectivity index (χ3n) is 5.49. The fraction of sp³-hybridized carbons (Fsp3) is 0.348. The molecule has 0 spiro atoms. The highest BCUT2D eigenvalue weighted by molar-refractivity contribution is 5.86. The molecule has 0 aromatic carbocycles. The zero-order valence-electron chi connectivity index (χ0n) is 19.4. The summed E-state index contributed by atoms with van der Waals surface area (Å²) in [4.78, 5) is 38.2. The summed E-state index contributed by atoms with van der Waals surface area (Å²) in [5, 5.41) is 3.58. The lowest BCUT2D eigenvalue weighted by Gasteiger charge is -2.18. The largest absolute Gasteiger partial charge is 0.471 e. The van der Waals surface area contributed by atoms with Gasteiger partial charge in [-0.25, -0.2) is 29.9 Å². The van der Waals surface area contributed by atoms with Crippen LogP contribution in [0.25, 0.3) is 22.6 Å². The van der Waals surface area contributed by atoms with Crippen LogP contribution in [-0.4, -0.2) is 67.2 Å². The molecule has 1 aliphatic rings. The van der Waals surface area contributed by atoms with Crippen molar-refractivity contribution in [2.75, 3.05) is 30.4 Å². The van der Waals surface area contributed by atoms with Crippen molar-refractivity contribution in [1.29, 1.82) is 0 Å². The number of anilines is 2. The van der Waals surface area contributed by atoms with Crippen LogP contribution in [0.15, 0.2) is 43.1 Å². The average molecular weight is 462 g/mol. The maximum absolute atomic E-state index is 8.95. The van der Waals surface area contributed by atoms with Gasteiger partial charge in [-0.15, -0.1) is 0 Å². The van der Waals surface area contributed by atoms with Gasteiger partial charge in [0.15, 0.2) is 17.0 Å². The summed E-state index contributed by atoms with van der Waals surface area (Å²) >= 11 is 0. The number of fused-ring (bicyclic) bond motifs is 1. The van der Waals surface area contributed by atoms with Gasteiger partial charge in [0.2, 0.25) is 0 Å². The number of nitrogens with zero attached hydrogens (tertiary/aromatic N) is 8. The Bertz CT molecular complexity index is 1230. The molecule has 0 bridgehead atoms. The zero-order valence-corrected chi connectivity index (χ0v) is 19.4. The van der Waals surface area contributed by atoms with Gasteiger partial charge in [0.05, 0.1) is 12.7 Å². The lowest BCUT2D eigenvalue weighted by atomic mass is 10.2. The van der Waals surface area contributed by atoms with E-state index in [1.807, 2.05) is 31.3 Å². The number of carbonyl (C=O) groups is 1. The fourth-order valence-corrected chi connectivity index (χ4v) is 3.89. The van der Waals surface area contributed by atoms with Crippen LogP contribution in [0.5, 0.6) is 0 Å². The first-order chi connectivity index (χ1) is 16.6. The predicted octanol–water partition coefficient (Wildman–Crippen LogP) is 2.49. The second-order valence-corrected chi connectivity index (χ2v) is 7.69. The normalized spacial score (nSPS) is 15.0. The van der Waals surface area contributed by atoms with Crippen LogP contribution in [0, 0.1) is 6.92 Å². The molecule has 176 valence electrons. The smallest absolute Gasteiger partial charge is 0.292 e. The van der Waals surface area contributed by atoms with E-state index in [9.17, 15) is 0 Å². The maximum Gasteiger partial charge on any atom is 0.292 e. The molecule has 4 aromatic rings. The molecule has 5 rings (SSSR count). The summed E-state index contributed by atoms with van der Waals surface area (Å²) in [7, 11) is 1.31. The van der Waals surface area contributed by atoms with Gasteiger partial charge in [-0.05, 0) is 32.4 Å². The van der Waals surface area contributed by atoms with Crippen LogP contribution < -0.4 is 10.2 Å². The standard InChI is InChI=1S/C21H23N9.C2H4O2/c1-3-30-20(15-10-23-14(2)24-11-15)28-18-19(25-13-26-21(18)30)27-16-7-9-29(12-16)17-6-4-5-8-22-17;1-4-2-3/h4-6,8,10-11,13,16H,3,7,9,12H2,1-2H3,(H,25,26,27);2H,1H3/t16-;/m0./s1. The van der Waals surface area contributed by atoms with Gasteiger partial charge in [-0.2, -0.15) is 0 Å². The van der Waals surface area contributed by atoms with Crippen molar-refractivity contribution < 1.29 is 9.53 Å². The molecule has 34 heavy (non-hydrogen) atoms. The number of imidazole rings is 1. The van der Waals surface area contributed by atoms with E-state index in [2.05, 4.69) is 51.4 Å². The summed E-state index contributed by atoms with van der Waals surface area (Å²) in [6.45, 7) is 6.90. The summed E-state index contributed by atoms with van der Waals surface area (Å²) < 4.78 is 5.94. The Morgan fingerprint density at radius 2 is 1.97 bits per heavy atom. The monoisotopic (exact) mass is 461 g/mol. The summed E-state index contributed by atoms with van der Waals surface area (Å²) in [5.41, 5.74) is 2.45. The minimum Gasteiger partial charge on any atom is -0.471 e. The molecule has 11 nitrogen and oxygen atoms in total. The minimum atomic E-state index is 0.267. The van der Waals surface area contributed by atoms with E-state index in [0.29, 0.717) is 6.47 Å². The van der Waals surface area contributed by atoms with Crippen LogP contribution in [0.2, 0.25) is 0 Å². The topological polar surface area (TPSA) is 124 Å². The van der Waals surface area contributed by atoms with Gasteiger partial charge in [0.1, 0.15) is 23.8 Å². The Labute approximate surface area is 197 Å². The first-order valence-electron chi connectivity index (χ1n) is 11.0. The first-order valence-corrected chi connectivity index (χ1v) is 11.0. The Morgan fingerprint density at radius 3 is 2.65 bits per heavy atom. The van der Waals surface area contributed by atoms with Crippen LogP contribution in [0.4, 0.5) is 11.6 Å². The third-order valence-corrected chi connectivity index (χ3v) is 5.49. The van der Waals surface area contributed by atoms with Gasteiger partial charge in [0.25, 0.3) is 6.47 Å². The molecule has 5 heterocycles. The molecule has 0 unspecified atom stereocenters. The van der Waals surface area contributed by atoms with Gasteiger partial charge < -0.3 is 19.5 Å². The molecule has 0 amide bonds. The van der Waals surface area contributed by atoms with Gasteiger partial charge in [0, 0.05) is 44.3 Å². The SMILES string of the molecule is CCn1c(-c2cnc(C)nc2)nc2c(N[C@H]3CCN(c4ccccn4)C3)ncnc21.COC=O. The zero-order chi connectivity index (χ0) is 23.9. The first kappa shape index (κ1) is 23.0. The molecule has 0 radical (unpaired) electrons. The number of rotatable bonds is 6. The highest BCUT2D eigenvalue weighted by Crippen LogP contribution is 2.28. The number of aryl methyl sites for hydroxylation is 2. The van der Waals surface area contributed by atoms with Crippen molar-refractivity contribution in [3.8, 4) is 11.4 Å². The molecule has 1 saturated heterocycles. The molecule has 1 atom stereocenters. The van der Waals surface area contributed by atoms with Crippen molar-refractivity contribution in [3.63, 3.8) is 0 Å². The Kier molecular flexibility index (Phi) is 7.21. The lowest BCUT2D eigenvalue weighted by Crippen LogP contribution is -2.27. The summed E-state index contributed by atoms with van der Waals surface area (Å²) in [6, 6.07) is 6.27. The number of aromatic nitrogens is 7. The van der Waals surface area contributed by atoms with Gasteiger partial charge in [-0.3, -0.25) is 4.79 Å². The fourth-order valence-electron chi connectivity index (χ4n) is 3.89. The Balaban J connectivity index is 0.000000636. The minimum absolute atomic E-state index is 0.267. The average Bonchev–Trinajstić information content (AvgIpc) is 3.50. The van der Waals surface area contributed by atoms with Crippen molar-refractivity contribution in [2.24, 2.45) is 0 Å². The van der Waals surface area contributed by atoms with E-state index in [1.165, 1.54) is 7.11 Å². The number of hydrogen-bond acceptors (Lipinski definition) is 10. The van der Waals surface area contributed by atoms with Crippen LogP contribution in [-0.2, 0) is 16.1 Å². The summed E-state index contributed by atoms with van der Waals surface area (Å²) in [6.07, 6.45) is 8.04. The second kappa shape index (κ2) is 10.6. The summed E-state index contributed by atoms with van der Waals surface area (Å²) in [5.74, 6) is 3.30. The maximum atomic E-state index is 8.95. The molecule has 1 fully saturated rings. The molecule has 4 aromatic heterocycles. The van der Waals surface area contributed by atoms with Crippen molar-refractivity contribution in [1.82, 2.24) is 34.5 Å². The number of methoxy groups -OCH3 is 1. The van der Waals surface area contributed by atoms with Crippen LogP contribution in [0.1, 0.15) is 19.2 Å². The number of carbonyl (C=O) groups excluding carboxylic acids is 1. The molecule has 1 aliphatic heterocycles. The van der Waals surface area contributed by atoms with E-state index >= 15 is 0 Å². The lowest BCUT2D eigenvalue weighted by molar-refractivity contribution is -0.126. The quantitative estimate of drug-likeness (QED) is 0.428. The van der Waals surface area contributed by atoms with E-state index < -0.39 is 0 Å². The van der Waals surface area contributed by atoms with Crippen molar-refractivity contribution >= 4 is 29.3 Å². The molecular formula is C23H27N9O2. The highest BCUT2D eigenvalue weighted by atomic mass is 16.5. The number of pyridine rings is 1. The van der Waals surface area contributed by atoms with E-state index in [0.717, 1.165) is 66.1 Å². The number of hydrogen-bond donors (Lipinski definition) is 1. The van der Waals surface area contributed by atoms with E-state index in [4.69, 9.17) is 9.78 Å². The van der Waals surface area contributed by atoms with Crippen molar-refractivity contribution in [2.45, 2.75) is 32.9 Å². The van der Waals surface area contributed by atoms with Crippen LogP contribution in [0.3, 0.4) is 0 Å². The van der Waals surface area contributed by atoms with E-state index in [-0.39, 0.29) is 6.04 Å². The van der Waals surface area contributed by atoms with E-state index in [1.54, 1.807) is 18.7 Å². The third kappa shape index (κ3) is 4.92. The highest BCUT2D eigenvalue weighted by Gasteiger charge is 2.25. The van der Waals surface area contributed by atoms with Gasteiger partial charge in [-0.1, -0.05) is 6.07 Å². The Hall–Kier alpha value is -4.15. The van der Waals surface area contributed by atoms with Crippen LogP contribution >= 0.6 is 0 Å². The predicted molar refractivity (Wildman–Crippen MR) is 128 cm³/mol. The molecule has 1 N–H and O–H groups in total. The number of ether oxygens (including phenoxy) is 1. The molecule has 11 heteroatoms.